The van der Waals surface area contributed by atoms with Crippen molar-refractivity contribution in [1.29, 1.82) is 0 Å². The number of para-hydroxylation sites is 2. The predicted molar refractivity (Wildman–Crippen MR) is 232 cm³/mol. The SMILES string of the molecule is Cc1cc(C)c(-c2cccc(C[C@@H](OCc3c(C)cccc3C)[C@@H](Cc3cccc(-c4c(C)cc(C)cc4C)c3O)OCc3c(C)cccc3C)c2O)c(C)c1. The van der Waals surface area contributed by atoms with Crippen LogP contribution in [0.3, 0.4) is 0 Å². The average molecular weight is 747 g/mol. The maximum Gasteiger partial charge on any atom is 0.126 e. The molecule has 6 aromatic rings. The molecule has 56 heavy (non-hydrogen) atoms. The van der Waals surface area contributed by atoms with E-state index in [0.29, 0.717) is 26.1 Å². The van der Waals surface area contributed by atoms with Crippen LogP contribution in [0.5, 0.6) is 11.5 Å². The van der Waals surface area contributed by atoms with Gasteiger partial charge in [0.25, 0.3) is 0 Å². The molecule has 0 radical (unpaired) electrons. The minimum atomic E-state index is -0.481. The van der Waals surface area contributed by atoms with Crippen LogP contribution in [0.4, 0.5) is 0 Å². The van der Waals surface area contributed by atoms with Gasteiger partial charge in [-0.05, 0) is 147 Å². The van der Waals surface area contributed by atoms with Gasteiger partial charge in [-0.2, -0.15) is 0 Å². The number of ether oxygens (including phenoxy) is 2. The number of phenols is 2. The Labute approximate surface area is 334 Å². The van der Waals surface area contributed by atoms with E-state index in [0.717, 1.165) is 66.8 Å². The lowest BCUT2D eigenvalue weighted by Gasteiger charge is -2.30. The monoisotopic (exact) mass is 746 g/mol. The third-order valence-electron chi connectivity index (χ3n) is 11.6. The first kappa shape index (κ1) is 40.5. The van der Waals surface area contributed by atoms with Gasteiger partial charge in [0.1, 0.15) is 11.5 Å². The standard InChI is InChI=1S/C52H58O4/c1-31-23-37(7)49(38(8)24-31)43-21-13-19-41(51(43)53)27-47(55-29-45-33(3)15-11-16-34(45)4)48(56-30-46-35(5)17-12-18-36(46)6)28-42-20-14-22-44(52(42)54)50-39(9)25-32(2)26-40(50)10/h11-26,47-48,53-54H,27-30H2,1-10H3/t47-,48-/m1/s1. The second-order valence-corrected chi connectivity index (χ2v) is 16.0. The van der Waals surface area contributed by atoms with Crippen LogP contribution >= 0.6 is 0 Å². The second kappa shape index (κ2) is 17.3. The zero-order valence-electron chi connectivity index (χ0n) is 34.9. The molecule has 0 heterocycles. The molecule has 6 rings (SSSR count). The third-order valence-corrected chi connectivity index (χ3v) is 11.6. The lowest BCUT2D eigenvalue weighted by atomic mass is 9.89. The Balaban J connectivity index is 1.46. The number of aromatic hydroxyl groups is 2. The summed E-state index contributed by atoms with van der Waals surface area (Å²) in [6, 6.07) is 33.4. The fourth-order valence-electron chi connectivity index (χ4n) is 8.69. The Morgan fingerprint density at radius 2 is 0.714 bits per heavy atom. The predicted octanol–water partition coefficient (Wildman–Crippen LogP) is 12.5. The molecule has 6 aromatic carbocycles. The summed E-state index contributed by atoms with van der Waals surface area (Å²) in [7, 11) is 0. The second-order valence-electron chi connectivity index (χ2n) is 16.0. The summed E-state index contributed by atoms with van der Waals surface area (Å²) in [6.07, 6.45) is -0.151. The molecule has 0 amide bonds. The van der Waals surface area contributed by atoms with Gasteiger partial charge in [-0.25, -0.2) is 0 Å². The zero-order valence-corrected chi connectivity index (χ0v) is 34.9. The van der Waals surface area contributed by atoms with E-state index in [-0.39, 0.29) is 11.5 Å². The van der Waals surface area contributed by atoms with Crippen LogP contribution in [0, 0.1) is 69.2 Å². The summed E-state index contributed by atoms with van der Waals surface area (Å²) >= 11 is 0. The van der Waals surface area contributed by atoms with Crippen LogP contribution in [0.2, 0.25) is 0 Å². The fourth-order valence-corrected chi connectivity index (χ4v) is 8.69. The van der Waals surface area contributed by atoms with E-state index in [2.05, 4.69) is 130 Å². The quantitative estimate of drug-likeness (QED) is 0.124. The highest BCUT2D eigenvalue weighted by atomic mass is 16.5. The molecule has 2 N–H and O–H groups in total. The first-order valence-corrected chi connectivity index (χ1v) is 19.8. The van der Waals surface area contributed by atoms with E-state index in [1.807, 2.05) is 36.4 Å². The average Bonchev–Trinajstić information content (AvgIpc) is 3.12. The van der Waals surface area contributed by atoms with Crippen LogP contribution in [0.25, 0.3) is 22.3 Å². The topological polar surface area (TPSA) is 58.9 Å². The Morgan fingerprint density at radius 3 is 1.04 bits per heavy atom. The highest BCUT2D eigenvalue weighted by Crippen LogP contribution is 2.40. The van der Waals surface area contributed by atoms with Crippen LogP contribution in [0.1, 0.15) is 77.9 Å². The lowest BCUT2D eigenvalue weighted by molar-refractivity contribution is -0.0852. The molecular formula is C52H58O4. The van der Waals surface area contributed by atoms with Crippen molar-refractivity contribution in [3.05, 3.63) is 175 Å². The first-order valence-electron chi connectivity index (χ1n) is 19.8. The number of rotatable bonds is 13. The van der Waals surface area contributed by atoms with Crippen LogP contribution in [-0.2, 0) is 35.5 Å². The van der Waals surface area contributed by atoms with Crippen molar-refractivity contribution in [2.45, 2.75) is 108 Å². The van der Waals surface area contributed by atoms with E-state index in [1.54, 1.807) is 0 Å². The molecule has 4 nitrogen and oxygen atoms in total. The van der Waals surface area contributed by atoms with Gasteiger partial charge >= 0.3 is 0 Å². The number of hydrogen-bond donors (Lipinski definition) is 2. The van der Waals surface area contributed by atoms with Crippen molar-refractivity contribution in [2.75, 3.05) is 0 Å². The summed E-state index contributed by atoms with van der Waals surface area (Å²) in [4.78, 5) is 0. The van der Waals surface area contributed by atoms with Gasteiger partial charge in [0.05, 0.1) is 25.4 Å². The van der Waals surface area contributed by atoms with Crippen molar-refractivity contribution in [3.8, 4) is 33.8 Å². The van der Waals surface area contributed by atoms with E-state index in [4.69, 9.17) is 9.47 Å². The molecule has 0 saturated carbocycles. The maximum atomic E-state index is 12.1. The van der Waals surface area contributed by atoms with Gasteiger partial charge in [0.2, 0.25) is 0 Å². The van der Waals surface area contributed by atoms with Gasteiger partial charge in [-0.15, -0.1) is 0 Å². The summed E-state index contributed by atoms with van der Waals surface area (Å²) in [5, 5.41) is 24.2. The van der Waals surface area contributed by atoms with Crippen LogP contribution in [0.15, 0.2) is 97.1 Å². The number of hydrogen-bond acceptors (Lipinski definition) is 4. The zero-order chi connectivity index (χ0) is 40.3. The molecule has 0 saturated heterocycles. The van der Waals surface area contributed by atoms with E-state index in [9.17, 15) is 10.2 Å². The Morgan fingerprint density at radius 1 is 0.411 bits per heavy atom. The highest BCUT2D eigenvalue weighted by Gasteiger charge is 2.29. The number of aryl methyl sites for hydroxylation is 10. The molecule has 4 heteroatoms. The fraction of sp³-hybridized carbons (Fsp3) is 0.308. The molecule has 0 aromatic heterocycles. The number of phenolic OH excluding ortho intramolecular Hbond substituents is 2. The maximum absolute atomic E-state index is 12.1. The molecule has 2 atom stereocenters. The first-order chi connectivity index (χ1) is 26.7. The molecule has 0 fully saturated rings. The van der Waals surface area contributed by atoms with Crippen molar-refractivity contribution in [3.63, 3.8) is 0 Å². The summed E-state index contributed by atoms with van der Waals surface area (Å²) < 4.78 is 14.1. The van der Waals surface area contributed by atoms with Crippen LogP contribution in [-0.4, -0.2) is 22.4 Å². The van der Waals surface area contributed by atoms with Gasteiger partial charge in [0.15, 0.2) is 0 Å². The summed E-state index contributed by atoms with van der Waals surface area (Å²) in [5.74, 6) is 0.513. The molecule has 0 aliphatic carbocycles. The summed E-state index contributed by atoms with van der Waals surface area (Å²) in [6.45, 7) is 21.9. The third kappa shape index (κ3) is 8.78. The van der Waals surface area contributed by atoms with E-state index in [1.165, 1.54) is 33.4 Å². The van der Waals surface area contributed by atoms with E-state index >= 15 is 0 Å². The van der Waals surface area contributed by atoms with E-state index < -0.39 is 12.2 Å². The Bertz CT molecular complexity index is 2110. The number of benzene rings is 6. The van der Waals surface area contributed by atoms with Crippen molar-refractivity contribution in [1.82, 2.24) is 0 Å². The smallest absolute Gasteiger partial charge is 0.126 e. The van der Waals surface area contributed by atoms with Gasteiger partial charge < -0.3 is 19.7 Å². The molecule has 0 aliphatic rings. The minimum absolute atomic E-state index is 0.256. The normalized spacial score (nSPS) is 12.5. The molecule has 0 bridgehead atoms. The van der Waals surface area contributed by atoms with Crippen LogP contribution < -0.4 is 0 Å². The molecule has 0 aliphatic heterocycles. The Hall–Kier alpha value is -5.16. The van der Waals surface area contributed by atoms with Gasteiger partial charge in [-0.3, -0.25) is 0 Å². The van der Waals surface area contributed by atoms with Gasteiger partial charge in [0, 0.05) is 24.0 Å². The van der Waals surface area contributed by atoms with Gasteiger partial charge in [-0.1, -0.05) is 108 Å². The van der Waals surface area contributed by atoms with Crippen molar-refractivity contribution >= 4 is 0 Å². The Kier molecular flexibility index (Phi) is 12.5. The lowest BCUT2D eigenvalue weighted by Crippen LogP contribution is -2.36. The molecule has 0 unspecified atom stereocenters. The van der Waals surface area contributed by atoms with Crippen molar-refractivity contribution < 1.29 is 19.7 Å². The molecule has 0 spiro atoms. The highest BCUT2D eigenvalue weighted by molar-refractivity contribution is 5.78. The minimum Gasteiger partial charge on any atom is -0.507 e. The summed E-state index contributed by atoms with van der Waals surface area (Å²) in [5.41, 5.74) is 19.2. The van der Waals surface area contributed by atoms with Crippen molar-refractivity contribution in [2.24, 2.45) is 0 Å². The largest absolute Gasteiger partial charge is 0.507 e. The molecular weight excluding hydrogens is 689 g/mol. The molecule has 290 valence electrons.